The lowest BCUT2D eigenvalue weighted by molar-refractivity contribution is -0.120. The zero-order chi connectivity index (χ0) is 22.7. The molecule has 1 amide bonds. The van der Waals surface area contributed by atoms with Crippen molar-refractivity contribution in [3.63, 3.8) is 0 Å². The smallest absolute Gasteiger partial charge is 0.248 e. The summed E-state index contributed by atoms with van der Waals surface area (Å²) in [4.78, 5) is 12.6. The molecule has 1 N–H and O–H groups in total. The van der Waals surface area contributed by atoms with Crippen molar-refractivity contribution in [3.8, 4) is 0 Å². The van der Waals surface area contributed by atoms with Crippen LogP contribution in [0.1, 0.15) is 30.1 Å². The van der Waals surface area contributed by atoms with E-state index in [1.165, 1.54) is 16.6 Å². The van der Waals surface area contributed by atoms with Gasteiger partial charge in [-0.15, -0.1) is 0 Å². The highest BCUT2D eigenvalue weighted by molar-refractivity contribution is 7.89. The number of aryl methyl sites for hydroxylation is 1. The molecule has 1 fully saturated rings. The Hall–Kier alpha value is -2.88. The van der Waals surface area contributed by atoms with Gasteiger partial charge in [-0.05, 0) is 68.3 Å². The van der Waals surface area contributed by atoms with Crippen molar-refractivity contribution < 1.29 is 22.2 Å². The number of sulfonamides is 1. The molecule has 0 atom stereocenters. The lowest BCUT2D eigenvalue weighted by atomic mass is 9.97. The summed E-state index contributed by atoms with van der Waals surface area (Å²) in [6.07, 6.45) is 5.50. The fourth-order valence-corrected chi connectivity index (χ4v) is 5.45. The molecule has 0 aliphatic carbocycles. The van der Waals surface area contributed by atoms with Crippen LogP contribution in [0.4, 0.5) is 5.69 Å². The second-order valence-electron chi connectivity index (χ2n) is 7.48. The number of halogens is 1. The minimum Gasteiger partial charge on any atom is -0.465 e. The Morgan fingerprint density at radius 2 is 1.91 bits per heavy atom. The molecular weight excluding hydrogens is 454 g/mol. The number of furan rings is 1. The van der Waals surface area contributed by atoms with Gasteiger partial charge in [-0.2, -0.15) is 4.31 Å². The molecule has 3 aromatic rings. The number of hydrogen-bond donors (Lipinski definition) is 1. The number of hydrogen-bond acceptors (Lipinski definition) is 6. The SMILES string of the molecule is Cc1noc(C=Cc2ccco2)c1S(=O)(=O)N1CCC(C(=O)Nc2ccc(Cl)cc2)CC1. The van der Waals surface area contributed by atoms with Gasteiger partial charge in [-0.3, -0.25) is 4.79 Å². The van der Waals surface area contributed by atoms with Crippen LogP contribution >= 0.6 is 11.6 Å². The first-order valence-corrected chi connectivity index (χ1v) is 11.9. The summed E-state index contributed by atoms with van der Waals surface area (Å²) >= 11 is 5.87. The molecule has 32 heavy (non-hydrogen) atoms. The van der Waals surface area contributed by atoms with Crippen LogP contribution in [0.5, 0.6) is 0 Å². The lowest BCUT2D eigenvalue weighted by Gasteiger charge is -2.30. The van der Waals surface area contributed by atoms with Crippen LogP contribution in [0.3, 0.4) is 0 Å². The number of benzene rings is 1. The van der Waals surface area contributed by atoms with Crippen LogP contribution in [0.2, 0.25) is 5.02 Å². The fourth-order valence-electron chi connectivity index (χ4n) is 3.61. The van der Waals surface area contributed by atoms with E-state index < -0.39 is 10.0 Å². The third-order valence-corrected chi connectivity index (χ3v) is 7.62. The van der Waals surface area contributed by atoms with E-state index in [9.17, 15) is 13.2 Å². The largest absolute Gasteiger partial charge is 0.465 e. The van der Waals surface area contributed by atoms with Gasteiger partial charge in [-0.25, -0.2) is 8.42 Å². The maximum absolute atomic E-state index is 13.3. The zero-order valence-electron chi connectivity index (χ0n) is 17.3. The Kier molecular flexibility index (Phi) is 6.50. The van der Waals surface area contributed by atoms with Crippen molar-refractivity contribution in [3.05, 3.63) is 64.9 Å². The third-order valence-electron chi connectivity index (χ3n) is 5.31. The number of aromatic nitrogens is 1. The molecule has 0 spiro atoms. The van der Waals surface area contributed by atoms with Crippen LogP contribution in [-0.2, 0) is 14.8 Å². The number of carbonyl (C=O) groups excluding carboxylic acids is 1. The van der Waals surface area contributed by atoms with E-state index in [1.807, 2.05) is 0 Å². The number of piperidine rings is 1. The molecule has 1 aromatic carbocycles. The Morgan fingerprint density at radius 3 is 2.56 bits per heavy atom. The Morgan fingerprint density at radius 1 is 1.19 bits per heavy atom. The monoisotopic (exact) mass is 475 g/mol. The summed E-state index contributed by atoms with van der Waals surface area (Å²) in [5, 5.41) is 7.28. The van der Waals surface area contributed by atoms with Crippen molar-refractivity contribution in [2.45, 2.75) is 24.7 Å². The molecule has 1 saturated heterocycles. The highest BCUT2D eigenvalue weighted by atomic mass is 35.5. The van der Waals surface area contributed by atoms with Gasteiger partial charge in [0.2, 0.25) is 15.9 Å². The Labute approximate surface area is 190 Å². The summed E-state index contributed by atoms with van der Waals surface area (Å²) in [5.74, 6) is 0.294. The average molecular weight is 476 g/mol. The van der Waals surface area contributed by atoms with Gasteiger partial charge < -0.3 is 14.3 Å². The molecule has 1 aliphatic heterocycles. The summed E-state index contributed by atoms with van der Waals surface area (Å²) in [7, 11) is -3.83. The van der Waals surface area contributed by atoms with Gasteiger partial charge in [0.05, 0.1) is 6.26 Å². The summed E-state index contributed by atoms with van der Waals surface area (Å²) < 4.78 is 38.5. The number of carbonyl (C=O) groups is 1. The number of rotatable bonds is 6. The molecule has 0 saturated carbocycles. The van der Waals surface area contributed by atoms with Gasteiger partial charge in [0.15, 0.2) is 10.7 Å². The first-order chi connectivity index (χ1) is 15.3. The topological polar surface area (TPSA) is 106 Å². The van der Waals surface area contributed by atoms with Crippen LogP contribution in [-0.4, -0.2) is 36.9 Å². The van der Waals surface area contributed by atoms with Gasteiger partial charge in [-0.1, -0.05) is 16.8 Å². The molecule has 0 radical (unpaired) electrons. The number of nitrogens with zero attached hydrogens (tertiary/aromatic N) is 2. The molecule has 3 heterocycles. The Balaban J connectivity index is 1.43. The quantitative estimate of drug-likeness (QED) is 0.565. The second-order valence-corrected chi connectivity index (χ2v) is 9.80. The van der Waals surface area contributed by atoms with Crippen LogP contribution < -0.4 is 5.32 Å². The highest BCUT2D eigenvalue weighted by Gasteiger charge is 2.35. The molecule has 1 aliphatic rings. The van der Waals surface area contributed by atoms with E-state index in [0.29, 0.717) is 29.3 Å². The molecule has 4 rings (SSSR count). The predicted molar refractivity (Wildman–Crippen MR) is 120 cm³/mol. The minimum atomic E-state index is -3.83. The van der Waals surface area contributed by atoms with Crippen LogP contribution in [0.15, 0.2) is 56.5 Å². The van der Waals surface area contributed by atoms with Crippen molar-refractivity contribution in [2.75, 3.05) is 18.4 Å². The number of anilines is 1. The zero-order valence-corrected chi connectivity index (χ0v) is 18.9. The van der Waals surface area contributed by atoms with Gasteiger partial charge >= 0.3 is 0 Å². The molecule has 0 bridgehead atoms. The van der Waals surface area contributed by atoms with Crippen LogP contribution in [0, 0.1) is 12.8 Å². The van der Waals surface area contributed by atoms with Crippen molar-refractivity contribution in [1.29, 1.82) is 0 Å². The summed E-state index contributed by atoms with van der Waals surface area (Å²) in [6.45, 7) is 2.05. The van der Waals surface area contributed by atoms with E-state index in [2.05, 4.69) is 10.5 Å². The van der Waals surface area contributed by atoms with Gasteiger partial charge in [0.25, 0.3) is 0 Å². The normalized spacial score (nSPS) is 15.9. The molecule has 168 valence electrons. The number of amides is 1. The maximum atomic E-state index is 13.3. The van der Waals surface area contributed by atoms with Gasteiger partial charge in [0.1, 0.15) is 11.5 Å². The van der Waals surface area contributed by atoms with E-state index in [4.69, 9.17) is 20.5 Å². The number of nitrogens with one attached hydrogen (secondary N) is 1. The lowest BCUT2D eigenvalue weighted by Crippen LogP contribution is -2.41. The Bertz CT molecular complexity index is 1210. The second kappa shape index (κ2) is 9.32. The fraction of sp³-hybridized carbons (Fsp3) is 0.273. The summed E-state index contributed by atoms with van der Waals surface area (Å²) in [5.41, 5.74) is 0.939. The summed E-state index contributed by atoms with van der Waals surface area (Å²) in [6, 6.07) is 10.3. The predicted octanol–water partition coefficient (Wildman–Crippen LogP) is 4.44. The minimum absolute atomic E-state index is 0.0318. The first kappa shape index (κ1) is 22.3. The van der Waals surface area contributed by atoms with E-state index in [1.54, 1.807) is 49.4 Å². The van der Waals surface area contributed by atoms with E-state index in [-0.39, 0.29) is 41.3 Å². The van der Waals surface area contributed by atoms with Crippen molar-refractivity contribution in [1.82, 2.24) is 9.46 Å². The molecule has 2 aromatic heterocycles. The standard InChI is InChI=1S/C22H22ClN3O5S/c1-15-21(20(31-25-15)9-8-19-3-2-14-30-19)32(28,29)26-12-10-16(11-13-26)22(27)24-18-6-4-17(23)5-7-18/h2-9,14,16H,10-13H2,1H3,(H,24,27). The average Bonchev–Trinajstić information content (AvgIpc) is 3.43. The molecular formula is C22H22ClN3O5S. The van der Waals surface area contributed by atoms with Crippen LogP contribution in [0.25, 0.3) is 12.2 Å². The van der Waals surface area contributed by atoms with Gasteiger partial charge in [0, 0.05) is 29.7 Å². The maximum Gasteiger partial charge on any atom is 0.248 e. The molecule has 10 heteroatoms. The van der Waals surface area contributed by atoms with E-state index in [0.717, 1.165) is 0 Å². The van der Waals surface area contributed by atoms with Crippen molar-refractivity contribution in [2.24, 2.45) is 5.92 Å². The highest BCUT2D eigenvalue weighted by Crippen LogP contribution is 2.29. The molecule has 0 unspecified atom stereocenters. The first-order valence-electron chi connectivity index (χ1n) is 10.1. The molecule has 8 nitrogen and oxygen atoms in total. The van der Waals surface area contributed by atoms with Crippen molar-refractivity contribution >= 4 is 45.4 Å². The van der Waals surface area contributed by atoms with E-state index >= 15 is 0 Å². The third kappa shape index (κ3) is 4.79.